The van der Waals surface area contributed by atoms with Gasteiger partial charge in [-0.2, -0.15) is 0 Å². The number of carbonyl (C=O) groups is 1. The Kier molecular flexibility index (Phi) is 2.02. The van der Waals surface area contributed by atoms with Crippen molar-refractivity contribution >= 4 is 11.7 Å². The second-order valence-corrected chi connectivity index (χ2v) is 2.93. The number of nitrogens with zero attached hydrogens (tertiary/aromatic N) is 2. The molecule has 1 amide bonds. The van der Waals surface area contributed by atoms with Crippen molar-refractivity contribution in [1.82, 2.24) is 10.3 Å². The largest absolute Gasteiger partial charge is 0.487 e. The van der Waals surface area contributed by atoms with Crippen LogP contribution in [0.1, 0.15) is 10.4 Å². The first-order valence-electron chi connectivity index (χ1n) is 4.08. The van der Waals surface area contributed by atoms with Crippen LogP contribution >= 0.6 is 0 Å². The van der Waals surface area contributed by atoms with Gasteiger partial charge in [0.2, 0.25) is 0 Å². The molecule has 4 nitrogen and oxygen atoms in total. The summed E-state index contributed by atoms with van der Waals surface area (Å²) in [6.45, 7) is -0.605. The summed E-state index contributed by atoms with van der Waals surface area (Å²) in [6, 6.07) is 2.72. The van der Waals surface area contributed by atoms with Crippen molar-refractivity contribution in [2.75, 3.05) is 11.6 Å². The first-order chi connectivity index (χ1) is 7.00. The van der Waals surface area contributed by atoms with Gasteiger partial charge in [0.15, 0.2) is 0 Å². The van der Waals surface area contributed by atoms with Crippen LogP contribution in [0.5, 0.6) is 0 Å². The Balaban J connectivity index is 2.50. The molecule has 1 aromatic heterocycles. The van der Waals surface area contributed by atoms with Crippen LogP contribution in [0.15, 0.2) is 18.3 Å². The fourth-order valence-corrected chi connectivity index (χ4v) is 1.32. The zero-order valence-electron chi connectivity index (χ0n) is 7.38. The van der Waals surface area contributed by atoms with Crippen LogP contribution in [0, 0.1) is 0 Å². The third-order valence-corrected chi connectivity index (χ3v) is 1.99. The average molecular weight is 217 g/mol. The Bertz CT molecular complexity index is 404. The van der Waals surface area contributed by atoms with Gasteiger partial charge in [0, 0.05) is 6.20 Å². The number of aromatic nitrogens is 1. The number of hydrogen-bond donors (Lipinski definition) is 1. The summed E-state index contributed by atoms with van der Waals surface area (Å²) in [5.41, 5.74) is -0.0684. The van der Waals surface area contributed by atoms with E-state index in [-0.39, 0.29) is 16.3 Å². The van der Waals surface area contributed by atoms with Gasteiger partial charge in [-0.25, -0.2) is 9.88 Å². The molecular formula is C8H6F3N3O. The molecular weight excluding hydrogens is 211 g/mol. The maximum Gasteiger partial charge on any atom is 0.487 e. The van der Waals surface area contributed by atoms with Gasteiger partial charge in [-0.05, 0) is 12.1 Å². The van der Waals surface area contributed by atoms with Crippen molar-refractivity contribution in [3.63, 3.8) is 0 Å². The fourth-order valence-electron chi connectivity index (χ4n) is 1.32. The summed E-state index contributed by atoms with van der Waals surface area (Å²) >= 11 is 0. The van der Waals surface area contributed by atoms with E-state index in [0.29, 0.717) is 0 Å². The maximum atomic E-state index is 12.5. The van der Waals surface area contributed by atoms with Gasteiger partial charge in [0.25, 0.3) is 5.91 Å². The number of nitrogens with one attached hydrogen (secondary N) is 1. The SMILES string of the molecule is O=C1NCN(C(F)(F)F)c2ncccc21. The van der Waals surface area contributed by atoms with Gasteiger partial charge >= 0.3 is 6.30 Å². The molecule has 0 atom stereocenters. The zero-order valence-corrected chi connectivity index (χ0v) is 7.38. The third kappa shape index (κ3) is 1.60. The van der Waals surface area contributed by atoms with Gasteiger partial charge < -0.3 is 5.32 Å². The van der Waals surface area contributed by atoms with Gasteiger partial charge in [-0.15, -0.1) is 13.2 Å². The lowest BCUT2D eigenvalue weighted by Gasteiger charge is -2.30. The molecule has 0 saturated carbocycles. The molecule has 2 rings (SSSR count). The molecule has 0 fully saturated rings. The molecule has 2 heterocycles. The predicted molar refractivity (Wildman–Crippen MR) is 45.1 cm³/mol. The molecule has 1 aromatic rings. The van der Waals surface area contributed by atoms with Gasteiger partial charge in [-0.1, -0.05) is 0 Å². The molecule has 0 bridgehead atoms. The smallest absolute Gasteiger partial charge is 0.334 e. The van der Waals surface area contributed by atoms with Crippen molar-refractivity contribution in [3.8, 4) is 0 Å². The van der Waals surface area contributed by atoms with Crippen LogP contribution in [0.25, 0.3) is 0 Å². The first-order valence-corrected chi connectivity index (χ1v) is 4.08. The number of alkyl halides is 3. The molecule has 0 aliphatic carbocycles. The molecule has 0 spiro atoms. The van der Waals surface area contributed by atoms with Crippen molar-refractivity contribution in [3.05, 3.63) is 23.9 Å². The van der Waals surface area contributed by atoms with E-state index in [2.05, 4.69) is 10.3 Å². The van der Waals surface area contributed by atoms with Crippen LogP contribution in [-0.4, -0.2) is 23.9 Å². The Labute approximate surface area is 82.7 Å². The van der Waals surface area contributed by atoms with Gasteiger partial charge in [0.1, 0.15) is 12.5 Å². The molecule has 7 heteroatoms. The Morgan fingerprint density at radius 1 is 1.47 bits per heavy atom. The minimum Gasteiger partial charge on any atom is -0.334 e. The van der Waals surface area contributed by atoms with E-state index < -0.39 is 18.9 Å². The molecule has 0 unspecified atom stereocenters. The highest BCUT2D eigenvalue weighted by Gasteiger charge is 2.42. The highest BCUT2D eigenvalue weighted by atomic mass is 19.4. The van der Waals surface area contributed by atoms with Crippen LogP contribution < -0.4 is 10.2 Å². The lowest BCUT2D eigenvalue weighted by molar-refractivity contribution is -0.130. The van der Waals surface area contributed by atoms with Crippen molar-refractivity contribution < 1.29 is 18.0 Å². The Morgan fingerprint density at radius 3 is 2.87 bits per heavy atom. The quantitative estimate of drug-likeness (QED) is 0.662. The molecule has 1 aliphatic heterocycles. The molecule has 15 heavy (non-hydrogen) atoms. The van der Waals surface area contributed by atoms with E-state index in [1.54, 1.807) is 0 Å². The fraction of sp³-hybridized carbons (Fsp3) is 0.250. The number of amides is 1. The zero-order chi connectivity index (χ0) is 11.1. The van der Waals surface area contributed by atoms with Crippen LogP contribution in [-0.2, 0) is 0 Å². The Morgan fingerprint density at radius 2 is 2.20 bits per heavy atom. The average Bonchev–Trinajstić information content (AvgIpc) is 2.17. The number of halogens is 3. The van der Waals surface area contributed by atoms with Crippen LogP contribution in [0.4, 0.5) is 19.0 Å². The molecule has 80 valence electrons. The topological polar surface area (TPSA) is 45.2 Å². The third-order valence-electron chi connectivity index (χ3n) is 1.99. The predicted octanol–water partition coefficient (Wildman–Crippen LogP) is 1.11. The molecule has 1 aliphatic rings. The van der Waals surface area contributed by atoms with E-state index in [4.69, 9.17) is 0 Å². The van der Waals surface area contributed by atoms with Gasteiger partial charge in [0.05, 0.1) is 5.56 Å². The highest BCUT2D eigenvalue weighted by molar-refractivity contribution is 6.00. The van der Waals surface area contributed by atoms with Crippen LogP contribution in [0.3, 0.4) is 0 Å². The summed E-state index contributed by atoms with van der Waals surface area (Å²) in [5.74, 6) is -0.896. The monoisotopic (exact) mass is 217 g/mol. The number of rotatable bonds is 0. The number of pyridine rings is 1. The van der Waals surface area contributed by atoms with E-state index in [9.17, 15) is 18.0 Å². The van der Waals surface area contributed by atoms with Crippen LogP contribution in [0.2, 0.25) is 0 Å². The van der Waals surface area contributed by atoms with Crippen molar-refractivity contribution in [2.45, 2.75) is 6.30 Å². The summed E-state index contributed by atoms with van der Waals surface area (Å²) in [4.78, 5) is 14.9. The second-order valence-electron chi connectivity index (χ2n) is 2.93. The van der Waals surface area contributed by atoms with E-state index in [1.165, 1.54) is 18.3 Å². The number of fused-ring (bicyclic) bond motifs is 1. The molecule has 1 N–H and O–H groups in total. The van der Waals surface area contributed by atoms with Crippen molar-refractivity contribution in [2.24, 2.45) is 0 Å². The minimum absolute atomic E-state index is 0.0684. The lowest BCUT2D eigenvalue weighted by atomic mass is 10.2. The maximum absolute atomic E-state index is 12.5. The first kappa shape index (κ1) is 9.75. The summed E-state index contributed by atoms with van der Waals surface area (Å²) in [6.07, 6.45) is -3.33. The van der Waals surface area contributed by atoms with E-state index >= 15 is 0 Å². The number of anilines is 1. The molecule has 0 aromatic carbocycles. The number of hydrogen-bond acceptors (Lipinski definition) is 3. The molecule has 0 saturated heterocycles. The highest BCUT2D eigenvalue weighted by Crippen LogP contribution is 2.30. The standard InChI is InChI=1S/C8H6F3N3O/c9-8(10,11)14-4-13-7(15)5-2-1-3-12-6(5)14/h1-3H,4H2,(H,13,15). The van der Waals surface area contributed by atoms with E-state index in [0.717, 1.165) is 0 Å². The molecule has 0 radical (unpaired) electrons. The normalized spacial score (nSPS) is 15.9. The lowest BCUT2D eigenvalue weighted by Crippen LogP contribution is -2.50. The summed E-state index contributed by atoms with van der Waals surface area (Å²) < 4.78 is 37.4. The van der Waals surface area contributed by atoms with E-state index in [1.807, 2.05) is 0 Å². The Hall–Kier alpha value is -1.79. The summed E-state index contributed by atoms with van der Waals surface area (Å²) in [5, 5.41) is 2.12. The minimum atomic E-state index is -4.54. The summed E-state index contributed by atoms with van der Waals surface area (Å²) in [7, 11) is 0. The second kappa shape index (κ2) is 3.11. The van der Waals surface area contributed by atoms with Crippen molar-refractivity contribution in [1.29, 1.82) is 0 Å². The number of carbonyl (C=O) groups excluding carboxylic acids is 1. The van der Waals surface area contributed by atoms with Gasteiger partial charge in [-0.3, -0.25) is 4.79 Å².